The molecule has 0 unspecified atom stereocenters. The fraction of sp³-hybridized carbons (Fsp3) is 0.367. The normalized spacial score (nSPS) is 18.6. The van der Waals surface area contributed by atoms with Crippen LogP contribution in [0.1, 0.15) is 35.3 Å². The lowest BCUT2D eigenvalue weighted by Crippen LogP contribution is -2.49. The second-order valence-electron chi connectivity index (χ2n) is 10.4. The molecule has 0 aromatic heterocycles. The number of aryl methyl sites for hydroxylation is 1. The molecule has 1 aliphatic rings. The lowest BCUT2D eigenvalue weighted by molar-refractivity contribution is 0.0344. The smallest absolute Gasteiger partial charge is 0.262 e. The van der Waals surface area contributed by atoms with Gasteiger partial charge in [-0.2, -0.15) is 0 Å². The fourth-order valence-corrected chi connectivity index (χ4v) is 5.79. The molecule has 3 aromatic carbocycles. The minimum Gasteiger partial charge on any atom is -0.486 e. The third-order valence-corrected chi connectivity index (χ3v) is 8.44. The summed E-state index contributed by atoms with van der Waals surface area (Å²) in [4.78, 5) is 17.6. The Kier molecular flexibility index (Phi) is 8.94. The van der Waals surface area contributed by atoms with E-state index in [1.165, 1.54) is 0 Å². The predicted octanol–water partition coefficient (Wildman–Crippen LogP) is 4.15. The monoisotopic (exact) mass is 551 g/mol. The standard InChI is InChI=1S/C30H37N3O5S/c1-21-13-15-25(16-14-21)39(36,37)31-27-12-8-11-26-29(27)38-28(19-32(4)18-24-9-6-5-7-10-24)22(2)17-33(30(26)35)23(3)20-34/h5-16,22-23,28,31,34H,17-20H2,1-4H3/t22-,23-,28-/m0/s1. The van der Waals surface area contributed by atoms with Gasteiger partial charge in [0.05, 0.1) is 28.8 Å². The summed E-state index contributed by atoms with van der Waals surface area (Å²) in [6.45, 7) is 7.15. The number of benzene rings is 3. The molecule has 0 saturated heterocycles. The topological polar surface area (TPSA) is 99.2 Å². The SMILES string of the molecule is Cc1ccc(S(=O)(=O)Nc2cccc3c2O[C@@H](CN(C)Cc2ccccc2)[C@@H](C)CN([C@@H](C)CO)C3=O)cc1. The molecular formula is C30H37N3O5S. The molecule has 4 rings (SSSR count). The maximum absolute atomic E-state index is 13.7. The minimum atomic E-state index is -3.94. The molecule has 39 heavy (non-hydrogen) atoms. The van der Waals surface area contributed by atoms with Crippen LogP contribution in [-0.2, 0) is 16.6 Å². The second kappa shape index (κ2) is 12.2. The van der Waals surface area contributed by atoms with Gasteiger partial charge in [0.2, 0.25) is 0 Å². The van der Waals surface area contributed by atoms with Crippen LogP contribution in [0.5, 0.6) is 5.75 Å². The molecule has 2 N–H and O–H groups in total. The molecule has 0 radical (unpaired) electrons. The molecule has 1 heterocycles. The van der Waals surface area contributed by atoms with Crippen LogP contribution in [-0.4, -0.2) is 68.1 Å². The quantitative estimate of drug-likeness (QED) is 0.415. The number of sulfonamides is 1. The van der Waals surface area contributed by atoms with E-state index in [1.54, 1.807) is 54.3 Å². The summed E-state index contributed by atoms with van der Waals surface area (Å²) in [5.74, 6) is -0.222. The highest BCUT2D eigenvalue weighted by Gasteiger charge is 2.35. The van der Waals surface area contributed by atoms with Crippen LogP contribution in [0, 0.1) is 12.8 Å². The minimum absolute atomic E-state index is 0.101. The van der Waals surface area contributed by atoms with E-state index < -0.39 is 16.1 Å². The first-order valence-corrected chi connectivity index (χ1v) is 14.6. The molecule has 8 nitrogen and oxygen atoms in total. The first kappa shape index (κ1) is 28.6. The maximum atomic E-state index is 13.7. The Hall–Kier alpha value is -3.40. The average molecular weight is 552 g/mol. The van der Waals surface area contributed by atoms with Gasteiger partial charge in [0, 0.05) is 25.6 Å². The van der Waals surface area contributed by atoms with Crippen LogP contribution in [0.2, 0.25) is 0 Å². The maximum Gasteiger partial charge on any atom is 0.262 e. The molecule has 3 aromatic rings. The van der Waals surface area contributed by atoms with Crippen molar-refractivity contribution in [2.24, 2.45) is 5.92 Å². The van der Waals surface area contributed by atoms with Gasteiger partial charge in [0.1, 0.15) is 6.10 Å². The van der Waals surface area contributed by atoms with Crippen LogP contribution >= 0.6 is 0 Å². The second-order valence-corrected chi connectivity index (χ2v) is 12.1. The van der Waals surface area contributed by atoms with Crippen LogP contribution in [0.3, 0.4) is 0 Å². The lowest BCUT2D eigenvalue weighted by Gasteiger charge is -2.38. The van der Waals surface area contributed by atoms with Crippen molar-refractivity contribution in [1.29, 1.82) is 0 Å². The van der Waals surface area contributed by atoms with Gasteiger partial charge in [-0.15, -0.1) is 0 Å². The van der Waals surface area contributed by atoms with Crippen molar-refractivity contribution in [1.82, 2.24) is 9.80 Å². The number of aliphatic hydroxyl groups is 1. The lowest BCUT2D eigenvalue weighted by atomic mass is 9.99. The molecule has 1 amide bonds. The number of aliphatic hydroxyl groups excluding tert-OH is 1. The number of likely N-dealkylation sites (N-methyl/N-ethyl adjacent to an activating group) is 1. The number of hydrogen-bond acceptors (Lipinski definition) is 6. The van der Waals surface area contributed by atoms with Crippen molar-refractivity contribution in [2.45, 2.75) is 44.4 Å². The van der Waals surface area contributed by atoms with E-state index >= 15 is 0 Å². The molecule has 0 spiro atoms. The van der Waals surface area contributed by atoms with Crippen molar-refractivity contribution < 1.29 is 23.1 Å². The van der Waals surface area contributed by atoms with Crippen molar-refractivity contribution in [3.63, 3.8) is 0 Å². The average Bonchev–Trinajstić information content (AvgIpc) is 2.91. The summed E-state index contributed by atoms with van der Waals surface area (Å²) in [5, 5.41) is 9.90. The van der Waals surface area contributed by atoms with Gasteiger partial charge in [-0.3, -0.25) is 14.4 Å². The van der Waals surface area contributed by atoms with Crippen molar-refractivity contribution in [2.75, 3.05) is 31.5 Å². The number of amides is 1. The van der Waals surface area contributed by atoms with E-state index in [9.17, 15) is 18.3 Å². The van der Waals surface area contributed by atoms with Gasteiger partial charge in [0.25, 0.3) is 15.9 Å². The predicted molar refractivity (Wildman–Crippen MR) is 152 cm³/mol. The van der Waals surface area contributed by atoms with Crippen LogP contribution < -0.4 is 9.46 Å². The van der Waals surface area contributed by atoms with Crippen LogP contribution in [0.15, 0.2) is 77.7 Å². The number of nitrogens with zero attached hydrogens (tertiary/aromatic N) is 2. The zero-order valence-electron chi connectivity index (χ0n) is 22.9. The molecule has 0 bridgehead atoms. The molecule has 1 aliphatic heterocycles. The molecule has 0 aliphatic carbocycles. The van der Waals surface area contributed by atoms with E-state index in [1.807, 2.05) is 39.1 Å². The van der Waals surface area contributed by atoms with Gasteiger partial charge >= 0.3 is 0 Å². The Morgan fingerprint density at radius 1 is 1.08 bits per heavy atom. The Morgan fingerprint density at radius 3 is 2.44 bits per heavy atom. The summed E-state index contributed by atoms with van der Waals surface area (Å²) in [5.41, 5.74) is 2.56. The van der Waals surface area contributed by atoms with Gasteiger partial charge in [-0.1, -0.05) is 61.0 Å². The van der Waals surface area contributed by atoms with Gasteiger partial charge < -0.3 is 14.7 Å². The molecule has 9 heteroatoms. The number of carbonyl (C=O) groups excluding carboxylic acids is 1. The zero-order valence-corrected chi connectivity index (χ0v) is 23.7. The highest BCUT2D eigenvalue weighted by Crippen LogP contribution is 2.36. The Balaban J connectivity index is 1.71. The van der Waals surface area contributed by atoms with Crippen molar-refractivity contribution in [3.05, 3.63) is 89.5 Å². The van der Waals surface area contributed by atoms with Gasteiger partial charge in [-0.25, -0.2) is 8.42 Å². The molecule has 0 saturated carbocycles. The Bertz CT molecular complexity index is 1380. The van der Waals surface area contributed by atoms with Crippen LogP contribution in [0.4, 0.5) is 5.69 Å². The van der Waals surface area contributed by atoms with Gasteiger partial charge in [0.15, 0.2) is 5.75 Å². The number of para-hydroxylation sites is 1. The van der Waals surface area contributed by atoms with E-state index in [0.29, 0.717) is 19.6 Å². The number of nitrogens with one attached hydrogen (secondary N) is 1. The highest BCUT2D eigenvalue weighted by atomic mass is 32.2. The largest absolute Gasteiger partial charge is 0.486 e. The van der Waals surface area contributed by atoms with Gasteiger partial charge in [-0.05, 0) is 50.7 Å². The summed E-state index contributed by atoms with van der Waals surface area (Å²) in [7, 11) is -1.93. The van der Waals surface area contributed by atoms with E-state index in [2.05, 4.69) is 21.8 Å². The molecular weight excluding hydrogens is 514 g/mol. The molecule has 208 valence electrons. The third-order valence-electron chi connectivity index (χ3n) is 7.05. The van der Waals surface area contributed by atoms with E-state index in [4.69, 9.17) is 4.74 Å². The Labute approximate surface area is 231 Å². The number of fused-ring (bicyclic) bond motifs is 1. The van der Waals surface area contributed by atoms with E-state index in [0.717, 1.165) is 11.1 Å². The molecule has 0 fully saturated rings. The Morgan fingerprint density at radius 2 is 1.77 bits per heavy atom. The zero-order chi connectivity index (χ0) is 28.2. The highest BCUT2D eigenvalue weighted by molar-refractivity contribution is 7.92. The summed E-state index contributed by atoms with van der Waals surface area (Å²) < 4.78 is 35.7. The molecule has 3 atom stereocenters. The number of rotatable bonds is 9. The number of hydrogen-bond donors (Lipinski definition) is 2. The van der Waals surface area contributed by atoms with Crippen molar-refractivity contribution >= 4 is 21.6 Å². The van der Waals surface area contributed by atoms with Crippen molar-refractivity contribution in [3.8, 4) is 5.75 Å². The first-order valence-electron chi connectivity index (χ1n) is 13.1. The van der Waals surface area contributed by atoms with E-state index in [-0.39, 0.29) is 46.4 Å². The number of carbonyl (C=O) groups is 1. The summed E-state index contributed by atoms with van der Waals surface area (Å²) in [6, 6.07) is 21.1. The summed E-state index contributed by atoms with van der Waals surface area (Å²) >= 11 is 0. The number of anilines is 1. The summed E-state index contributed by atoms with van der Waals surface area (Å²) in [6.07, 6.45) is -0.357. The first-order chi connectivity index (χ1) is 18.6. The fourth-order valence-electron chi connectivity index (χ4n) is 4.73. The third kappa shape index (κ3) is 6.79. The number of ether oxygens (including phenoxy) is 1. The van der Waals surface area contributed by atoms with Crippen LogP contribution in [0.25, 0.3) is 0 Å².